The lowest BCUT2D eigenvalue weighted by molar-refractivity contribution is -0.109. The second-order valence-electron chi connectivity index (χ2n) is 9.37. The van der Waals surface area contributed by atoms with Crippen molar-refractivity contribution < 1.29 is 22.7 Å². The van der Waals surface area contributed by atoms with Crippen molar-refractivity contribution in [2.75, 3.05) is 46.2 Å². The SMILES string of the molecule is CN(C)CCS(=O)(=O)N[C@H]1CCCN[C@H]1CO[C@H]1CC[C@@H](c2ccccc2OCC=O)CC1. The van der Waals surface area contributed by atoms with Gasteiger partial charge in [0.15, 0.2) is 6.29 Å². The lowest BCUT2D eigenvalue weighted by Crippen LogP contribution is -2.56. The number of hydrogen-bond donors (Lipinski definition) is 2. The van der Waals surface area contributed by atoms with E-state index < -0.39 is 10.0 Å². The van der Waals surface area contributed by atoms with Crippen LogP contribution in [0, 0.1) is 0 Å². The number of hydrogen-bond acceptors (Lipinski definition) is 7. The molecule has 3 rings (SSSR count). The molecule has 2 atom stereocenters. The fraction of sp³-hybridized carbons (Fsp3) is 0.708. The Morgan fingerprint density at radius 2 is 1.91 bits per heavy atom. The summed E-state index contributed by atoms with van der Waals surface area (Å²) in [5.41, 5.74) is 1.17. The third-order valence-electron chi connectivity index (χ3n) is 6.57. The van der Waals surface area contributed by atoms with Gasteiger partial charge < -0.3 is 19.7 Å². The van der Waals surface area contributed by atoms with Gasteiger partial charge in [-0.3, -0.25) is 4.79 Å². The quantitative estimate of drug-likeness (QED) is 0.440. The molecule has 0 aromatic heterocycles. The first-order chi connectivity index (χ1) is 15.9. The van der Waals surface area contributed by atoms with Crippen molar-refractivity contribution in [1.82, 2.24) is 14.9 Å². The molecule has 1 aliphatic carbocycles. The van der Waals surface area contributed by atoms with Crippen LogP contribution in [0.1, 0.15) is 50.0 Å². The first-order valence-electron chi connectivity index (χ1n) is 12.0. The van der Waals surface area contributed by atoms with Crippen molar-refractivity contribution >= 4 is 16.3 Å². The van der Waals surface area contributed by atoms with E-state index in [4.69, 9.17) is 9.47 Å². The second kappa shape index (κ2) is 12.8. The zero-order chi connectivity index (χ0) is 23.7. The minimum Gasteiger partial charge on any atom is -0.486 e. The summed E-state index contributed by atoms with van der Waals surface area (Å²) >= 11 is 0. The summed E-state index contributed by atoms with van der Waals surface area (Å²) in [5.74, 6) is 1.30. The van der Waals surface area contributed by atoms with Crippen LogP contribution in [0.2, 0.25) is 0 Å². The fourth-order valence-electron chi connectivity index (χ4n) is 4.71. The van der Waals surface area contributed by atoms with E-state index in [0.29, 0.717) is 19.1 Å². The number of piperidine rings is 1. The summed E-state index contributed by atoms with van der Waals surface area (Å²) in [6, 6.07) is 7.81. The van der Waals surface area contributed by atoms with Crippen LogP contribution in [0.5, 0.6) is 5.75 Å². The number of carbonyl (C=O) groups is 1. The van der Waals surface area contributed by atoms with E-state index in [1.165, 1.54) is 5.56 Å². The molecule has 0 radical (unpaired) electrons. The van der Waals surface area contributed by atoms with Crippen molar-refractivity contribution in [3.05, 3.63) is 29.8 Å². The highest BCUT2D eigenvalue weighted by Gasteiger charge is 2.31. The molecule has 186 valence electrons. The second-order valence-corrected chi connectivity index (χ2v) is 11.2. The predicted molar refractivity (Wildman–Crippen MR) is 129 cm³/mol. The summed E-state index contributed by atoms with van der Waals surface area (Å²) in [6.07, 6.45) is 6.66. The Morgan fingerprint density at radius 1 is 1.15 bits per heavy atom. The van der Waals surface area contributed by atoms with E-state index in [9.17, 15) is 13.2 Å². The normalized spacial score (nSPS) is 26.3. The number of nitrogens with zero attached hydrogens (tertiary/aromatic N) is 1. The molecule has 0 bridgehead atoms. The number of sulfonamides is 1. The van der Waals surface area contributed by atoms with Gasteiger partial charge in [0.1, 0.15) is 12.4 Å². The van der Waals surface area contributed by atoms with E-state index in [1.54, 1.807) is 0 Å². The molecule has 33 heavy (non-hydrogen) atoms. The molecule has 1 saturated heterocycles. The summed E-state index contributed by atoms with van der Waals surface area (Å²) in [7, 11) is 0.428. The standard InChI is InChI=1S/C24H39N3O5S/c1-27(2)14-17-33(29,30)26-22-7-5-13-25-23(22)18-32-20-11-9-19(10-12-20)21-6-3-4-8-24(21)31-16-15-28/h3-4,6,8,15,19-20,22-23,25-26H,5,7,9-14,16-18H2,1-2H3/t19-,20+,22-,23-/m0/s1. The Morgan fingerprint density at radius 3 is 2.64 bits per heavy atom. The average Bonchev–Trinajstić information content (AvgIpc) is 2.81. The van der Waals surface area contributed by atoms with Crippen molar-refractivity contribution in [1.29, 1.82) is 0 Å². The number of rotatable bonds is 12. The van der Waals surface area contributed by atoms with Gasteiger partial charge in [0.25, 0.3) is 0 Å². The highest BCUT2D eigenvalue weighted by Crippen LogP contribution is 2.38. The first-order valence-corrected chi connectivity index (χ1v) is 13.7. The van der Waals surface area contributed by atoms with Crippen LogP contribution in [-0.2, 0) is 19.6 Å². The van der Waals surface area contributed by atoms with E-state index in [1.807, 2.05) is 37.2 Å². The average molecular weight is 482 g/mol. The predicted octanol–water partition coefficient (Wildman–Crippen LogP) is 1.91. The van der Waals surface area contributed by atoms with Gasteiger partial charge in [-0.15, -0.1) is 0 Å². The third kappa shape index (κ3) is 8.33. The van der Waals surface area contributed by atoms with E-state index in [0.717, 1.165) is 57.1 Å². The van der Waals surface area contributed by atoms with E-state index in [2.05, 4.69) is 16.1 Å². The molecular weight excluding hydrogens is 442 g/mol. The van der Waals surface area contributed by atoms with Gasteiger partial charge >= 0.3 is 0 Å². The molecule has 9 heteroatoms. The van der Waals surface area contributed by atoms with Crippen LogP contribution in [0.25, 0.3) is 0 Å². The minimum absolute atomic E-state index is 0.0110. The number of para-hydroxylation sites is 1. The first kappa shape index (κ1) is 26.1. The molecule has 1 aromatic carbocycles. The molecule has 0 spiro atoms. The summed E-state index contributed by atoms with van der Waals surface area (Å²) in [6.45, 7) is 1.97. The molecule has 0 amide bonds. The smallest absolute Gasteiger partial charge is 0.213 e. The highest BCUT2D eigenvalue weighted by molar-refractivity contribution is 7.89. The monoisotopic (exact) mass is 481 g/mol. The van der Waals surface area contributed by atoms with Crippen LogP contribution in [0.4, 0.5) is 0 Å². The summed E-state index contributed by atoms with van der Waals surface area (Å²) < 4.78 is 39.7. The molecule has 8 nitrogen and oxygen atoms in total. The van der Waals surface area contributed by atoms with E-state index >= 15 is 0 Å². The molecule has 2 N–H and O–H groups in total. The van der Waals surface area contributed by atoms with Crippen LogP contribution < -0.4 is 14.8 Å². The van der Waals surface area contributed by atoms with Gasteiger partial charge in [0.05, 0.1) is 18.5 Å². The van der Waals surface area contributed by atoms with Gasteiger partial charge in [-0.1, -0.05) is 18.2 Å². The number of carbonyl (C=O) groups excluding carboxylic acids is 1. The zero-order valence-electron chi connectivity index (χ0n) is 19.9. The summed E-state index contributed by atoms with van der Waals surface area (Å²) in [5, 5.41) is 3.45. The Labute approximate surface area is 198 Å². The molecule has 2 aliphatic rings. The molecule has 1 aromatic rings. The Kier molecular flexibility index (Phi) is 10.1. The summed E-state index contributed by atoms with van der Waals surface area (Å²) in [4.78, 5) is 12.6. The van der Waals surface area contributed by atoms with Crippen molar-refractivity contribution in [3.63, 3.8) is 0 Å². The molecule has 0 unspecified atom stereocenters. The van der Waals surface area contributed by atoms with Crippen molar-refractivity contribution in [2.45, 2.75) is 62.6 Å². The zero-order valence-corrected chi connectivity index (χ0v) is 20.7. The Balaban J connectivity index is 1.48. The number of aldehydes is 1. The lowest BCUT2D eigenvalue weighted by Gasteiger charge is -2.35. The number of benzene rings is 1. The van der Waals surface area contributed by atoms with Gasteiger partial charge in [-0.25, -0.2) is 13.1 Å². The molecule has 1 heterocycles. The Bertz CT molecular complexity index is 840. The van der Waals surface area contributed by atoms with Gasteiger partial charge in [0, 0.05) is 18.6 Å². The number of ether oxygens (including phenoxy) is 2. The Hall–Kier alpha value is -1.52. The van der Waals surface area contributed by atoms with E-state index in [-0.39, 0.29) is 30.5 Å². The van der Waals surface area contributed by atoms with Gasteiger partial charge in [0.2, 0.25) is 10.0 Å². The fourth-order valence-corrected chi connectivity index (χ4v) is 6.18. The highest BCUT2D eigenvalue weighted by atomic mass is 32.2. The third-order valence-corrected chi connectivity index (χ3v) is 7.96. The number of nitrogens with one attached hydrogen (secondary N) is 2. The van der Waals surface area contributed by atoms with Gasteiger partial charge in [-0.05, 0) is 76.7 Å². The van der Waals surface area contributed by atoms with Crippen LogP contribution >= 0.6 is 0 Å². The maximum absolute atomic E-state index is 12.5. The largest absolute Gasteiger partial charge is 0.486 e. The molecule has 2 fully saturated rings. The topological polar surface area (TPSA) is 97.0 Å². The maximum atomic E-state index is 12.5. The van der Waals surface area contributed by atoms with Gasteiger partial charge in [-0.2, -0.15) is 0 Å². The van der Waals surface area contributed by atoms with Crippen molar-refractivity contribution in [3.8, 4) is 5.75 Å². The minimum atomic E-state index is -3.32. The van der Waals surface area contributed by atoms with Crippen LogP contribution in [0.15, 0.2) is 24.3 Å². The van der Waals surface area contributed by atoms with Crippen LogP contribution in [0.3, 0.4) is 0 Å². The lowest BCUT2D eigenvalue weighted by atomic mass is 9.82. The van der Waals surface area contributed by atoms with Crippen molar-refractivity contribution in [2.24, 2.45) is 0 Å². The van der Waals surface area contributed by atoms with Crippen LogP contribution in [-0.4, -0.2) is 83.9 Å². The maximum Gasteiger partial charge on any atom is 0.213 e. The molecule has 1 saturated carbocycles. The molecule has 1 aliphatic heterocycles. The molecular formula is C24H39N3O5S.